The fourth-order valence-electron chi connectivity index (χ4n) is 1.85. The molecule has 0 bridgehead atoms. The van der Waals surface area contributed by atoms with Crippen molar-refractivity contribution < 1.29 is 0 Å². The average molecular weight is 307 g/mol. The van der Waals surface area contributed by atoms with E-state index >= 15 is 0 Å². The van der Waals surface area contributed by atoms with Gasteiger partial charge in [0.25, 0.3) is 0 Å². The van der Waals surface area contributed by atoms with Gasteiger partial charge in [-0.25, -0.2) is 4.98 Å². The molecule has 0 radical (unpaired) electrons. The zero-order chi connectivity index (χ0) is 14.2. The predicted octanol–water partition coefficient (Wildman–Crippen LogP) is 4.53. The van der Waals surface area contributed by atoms with Gasteiger partial charge in [-0.05, 0) is 36.2 Å². The van der Waals surface area contributed by atoms with Gasteiger partial charge in [-0.3, -0.25) is 0 Å². The number of halogens is 1. The number of benzene rings is 1. The molecular formula is C16H19ClN2S. The number of hydrogen-bond donors (Lipinski definition) is 1. The number of aromatic nitrogens is 1. The summed E-state index contributed by atoms with van der Waals surface area (Å²) in [5.74, 6) is 0.845. The van der Waals surface area contributed by atoms with E-state index in [4.69, 9.17) is 11.6 Å². The molecule has 0 amide bonds. The van der Waals surface area contributed by atoms with Crippen LogP contribution in [-0.2, 0) is 12.3 Å². The standard InChI is InChI=1S/C16H19ClN2S/c1-2-9-18-11-13-7-5-10-19-16(13)20-12-14-6-3-4-8-15(14)17/h3-8,10,18H,2,9,11-12H2,1H3. The van der Waals surface area contributed by atoms with Gasteiger partial charge in [-0.1, -0.05) is 42.8 Å². The van der Waals surface area contributed by atoms with Crippen molar-refractivity contribution in [3.05, 3.63) is 58.7 Å². The Balaban J connectivity index is 2.00. The molecule has 0 atom stereocenters. The van der Waals surface area contributed by atoms with Crippen LogP contribution in [0.15, 0.2) is 47.6 Å². The number of rotatable bonds is 7. The molecule has 4 heteroatoms. The summed E-state index contributed by atoms with van der Waals surface area (Å²) in [6.45, 7) is 4.07. The Labute approximate surface area is 130 Å². The molecule has 0 saturated carbocycles. The minimum Gasteiger partial charge on any atom is -0.313 e. The molecule has 0 aliphatic carbocycles. The molecule has 0 saturated heterocycles. The van der Waals surface area contributed by atoms with E-state index in [1.54, 1.807) is 11.8 Å². The Morgan fingerprint density at radius 2 is 1.95 bits per heavy atom. The highest BCUT2D eigenvalue weighted by Gasteiger charge is 2.06. The lowest BCUT2D eigenvalue weighted by atomic mass is 10.2. The van der Waals surface area contributed by atoms with Gasteiger partial charge in [0.15, 0.2) is 0 Å². The first-order valence-electron chi connectivity index (χ1n) is 6.82. The minimum absolute atomic E-state index is 0.821. The molecule has 0 unspecified atom stereocenters. The van der Waals surface area contributed by atoms with Crippen molar-refractivity contribution >= 4 is 23.4 Å². The molecule has 2 rings (SSSR count). The molecule has 2 aromatic rings. The van der Waals surface area contributed by atoms with Crippen molar-refractivity contribution in [3.8, 4) is 0 Å². The molecule has 1 heterocycles. The quantitative estimate of drug-likeness (QED) is 0.601. The van der Waals surface area contributed by atoms with Crippen LogP contribution in [0.25, 0.3) is 0 Å². The highest BCUT2D eigenvalue weighted by molar-refractivity contribution is 7.98. The van der Waals surface area contributed by atoms with E-state index in [-0.39, 0.29) is 0 Å². The Morgan fingerprint density at radius 3 is 2.75 bits per heavy atom. The maximum absolute atomic E-state index is 6.19. The van der Waals surface area contributed by atoms with E-state index < -0.39 is 0 Å². The van der Waals surface area contributed by atoms with Crippen LogP contribution < -0.4 is 5.32 Å². The summed E-state index contributed by atoms with van der Waals surface area (Å²) in [6.07, 6.45) is 2.99. The van der Waals surface area contributed by atoms with Crippen LogP contribution in [0.5, 0.6) is 0 Å². The third kappa shape index (κ3) is 4.51. The Morgan fingerprint density at radius 1 is 1.15 bits per heavy atom. The predicted molar refractivity (Wildman–Crippen MR) is 87.2 cm³/mol. The topological polar surface area (TPSA) is 24.9 Å². The molecule has 0 aliphatic rings. The van der Waals surface area contributed by atoms with Crippen molar-refractivity contribution in [1.82, 2.24) is 10.3 Å². The van der Waals surface area contributed by atoms with Crippen molar-refractivity contribution in [2.24, 2.45) is 0 Å². The molecule has 20 heavy (non-hydrogen) atoms. The highest BCUT2D eigenvalue weighted by Crippen LogP contribution is 2.27. The van der Waals surface area contributed by atoms with Crippen LogP contribution in [0.3, 0.4) is 0 Å². The van der Waals surface area contributed by atoms with Gasteiger partial charge in [0.05, 0.1) is 0 Å². The second kappa shape index (κ2) is 8.30. The first-order chi connectivity index (χ1) is 9.81. The fraction of sp³-hybridized carbons (Fsp3) is 0.312. The maximum Gasteiger partial charge on any atom is 0.101 e. The van der Waals surface area contributed by atoms with E-state index in [9.17, 15) is 0 Å². The van der Waals surface area contributed by atoms with Crippen molar-refractivity contribution in [2.45, 2.75) is 30.7 Å². The van der Waals surface area contributed by atoms with Gasteiger partial charge in [-0.15, -0.1) is 11.8 Å². The smallest absolute Gasteiger partial charge is 0.101 e. The molecule has 106 valence electrons. The third-order valence-corrected chi connectivity index (χ3v) is 4.38. The van der Waals surface area contributed by atoms with Crippen LogP contribution in [0.1, 0.15) is 24.5 Å². The number of thioether (sulfide) groups is 1. The van der Waals surface area contributed by atoms with Crippen LogP contribution in [0.4, 0.5) is 0 Å². The number of nitrogens with zero attached hydrogens (tertiary/aromatic N) is 1. The molecular weight excluding hydrogens is 288 g/mol. The Bertz CT molecular complexity index is 546. The number of pyridine rings is 1. The van der Waals surface area contributed by atoms with Gasteiger partial charge < -0.3 is 5.32 Å². The average Bonchev–Trinajstić information content (AvgIpc) is 2.48. The minimum atomic E-state index is 0.821. The molecule has 0 aliphatic heterocycles. The number of nitrogens with one attached hydrogen (secondary N) is 1. The van der Waals surface area contributed by atoms with E-state index in [0.29, 0.717) is 0 Å². The summed E-state index contributed by atoms with van der Waals surface area (Å²) in [5.41, 5.74) is 2.40. The molecule has 1 aromatic heterocycles. The number of hydrogen-bond acceptors (Lipinski definition) is 3. The van der Waals surface area contributed by atoms with Crippen molar-refractivity contribution in [1.29, 1.82) is 0 Å². The van der Waals surface area contributed by atoms with Gasteiger partial charge >= 0.3 is 0 Å². The van der Waals surface area contributed by atoms with Crippen LogP contribution >= 0.6 is 23.4 Å². The normalized spacial score (nSPS) is 10.7. The highest BCUT2D eigenvalue weighted by atomic mass is 35.5. The Hall–Kier alpha value is -1.03. The SMILES string of the molecule is CCCNCc1cccnc1SCc1ccccc1Cl. The fourth-order valence-corrected chi connectivity index (χ4v) is 3.14. The second-order valence-corrected chi connectivity index (χ2v) is 5.90. The van der Waals surface area contributed by atoms with Crippen LogP contribution in [0, 0.1) is 0 Å². The summed E-state index contributed by atoms with van der Waals surface area (Å²) >= 11 is 7.92. The molecule has 1 N–H and O–H groups in total. The zero-order valence-corrected chi connectivity index (χ0v) is 13.2. The summed E-state index contributed by atoms with van der Waals surface area (Å²) in [6, 6.07) is 12.1. The lowest BCUT2D eigenvalue weighted by molar-refractivity contribution is 0.665. The van der Waals surface area contributed by atoms with Gasteiger partial charge in [0.1, 0.15) is 5.03 Å². The van der Waals surface area contributed by atoms with Gasteiger partial charge in [0.2, 0.25) is 0 Å². The largest absolute Gasteiger partial charge is 0.313 e. The van der Waals surface area contributed by atoms with E-state index in [2.05, 4.69) is 29.4 Å². The van der Waals surface area contributed by atoms with Crippen LogP contribution in [0.2, 0.25) is 5.02 Å². The summed E-state index contributed by atoms with van der Waals surface area (Å²) in [5, 5.41) is 5.32. The van der Waals surface area contributed by atoms with Crippen LogP contribution in [-0.4, -0.2) is 11.5 Å². The third-order valence-electron chi connectivity index (χ3n) is 2.91. The van der Waals surface area contributed by atoms with Crippen molar-refractivity contribution in [3.63, 3.8) is 0 Å². The molecule has 0 spiro atoms. The van der Waals surface area contributed by atoms with Crippen molar-refractivity contribution in [2.75, 3.05) is 6.54 Å². The molecule has 1 aromatic carbocycles. The van der Waals surface area contributed by atoms with E-state index in [1.807, 2.05) is 30.5 Å². The Kier molecular flexibility index (Phi) is 6.37. The van der Waals surface area contributed by atoms with Gasteiger partial charge in [0, 0.05) is 23.5 Å². The second-order valence-electron chi connectivity index (χ2n) is 4.52. The lowest BCUT2D eigenvalue weighted by Crippen LogP contribution is -2.14. The van der Waals surface area contributed by atoms with Gasteiger partial charge in [-0.2, -0.15) is 0 Å². The monoisotopic (exact) mass is 306 g/mol. The summed E-state index contributed by atoms with van der Waals surface area (Å²) in [7, 11) is 0. The molecule has 2 nitrogen and oxygen atoms in total. The van der Waals surface area contributed by atoms with E-state index in [1.165, 1.54) is 5.56 Å². The lowest BCUT2D eigenvalue weighted by Gasteiger charge is -2.09. The molecule has 0 fully saturated rings. The maximum atomic E-state index is 6.19. The first-order valence-corrected chi connectivity index (χ1v) is 8.18. The first kappa shape index (κ1) is 15.4. The summed E-state index contributed by atoms with van der Waals surface area (Å²) < 4.78 is 0. The summed E-state index contributed by atoms with van der Waals surface area (Å²) in [4.78, 5) is 4.48. The van der Waals surface area contributed by atoms with E-state index in [0.717, 1.165) is 40.9 Å². The zero-order valence-electron chi connectivity index (χ0n) is 11.6.